The number of nitriles is 1. The Bertz CT molecular complexity index is 2080. The van der Waals surface area contributed by atoms with Crippen LogP contribution >= 0.6 is 11.3 Å². The Morgan fingerprint density at radius 2 is 2.02 bits per heavy atom. The van der Waals surface area contributed by atoms with E-state index in [9.17, 15) is 5.26 Å². The molecule has 9 rings (SSSR count). The molecule has 0 saturated carbocycles. The third kappa shape index (κ3) is 4.19. The summed E-state index contributed by atoms with van der Waals surface area (Å²) in [5, 5.41) is 28.6. The van der Waals surface area contributed by atoms with E-state index in [1.54, 1.807) is 11.3 Å². The topological polar surface area (TPSA) is 164 Å². The largest absolute Gasteiger partial charge is 0.476 e. The van der Waals surface area contributed by atoms with Crippen LogP contribution in [0.25, 0.3) is 22.6 Å². The van der Waals surface area contributed by atoms with Gasteiger partial charge < -0.3 is 24.8 Å². The van der Waals surface area contributed by atoms with Gasteiger partial charge in [0.2, 0.25) is 5.88 Å². The number of ether oxygens (including phenoxy) is 1. The smallest absolute Gasteiger partial charge is 0.214 e. The number of nitrogens with one attached hydrogen (secondary N) is 1. The van der Waals surface area contributed by atoms with Gasteiger partial charge in [0.15, 0.2) is 22.9 Å². The standard InChI is InChI=1S/C34H39N11O2S/c1-18-22-16-37-41-33(22)46-14-13-44(18)31-23-17-38-45(19(2)24-8-6-12-43(24)3)32(23)40-30(39-31)27-20-7-4-10-34(28(20)47-42-27)11-5-9-25-26(34)21(15-35)29(36)48-25/h16-19,24H,4-14,36H2,1-3H3,(H,37,41)/t18-,19-,24-,34-/m0/s1. The lowest BCUT2D eigenvalue weighted by molar-refractivity contribution is 0.232. The van der Waals surface area contributed by atoms with Crippen LogP contribution in [-0.4, -0.2) is 72.8 Å². The number of fused-ring (bicyclic) bond motifs is 6. The summed E-state index contributed by atoms with van der Waals surface area (Å²) in [6.07, 6.45) is 11.5. The van der Waals surface area contributed by atoms with E-state index in [0.717, 1.165) is 90.8 Å². The lowest BCUT2D eigenvalue weighted by Crippen LogP contribution is -2.35. The highest BCUT2D eigenvalue weighted by Gasteiger charge is 2.49. The van der Waals surface area contributed by atoms with E-state index in [1.807, 2.05) is 12.4 Å². The summed E-state index contributed by atoms with van der Waals surface area (Å²) in [7, 11) is 2.19. The van der Waals surface area contributed by atoms with Gasteiger partial charge in [0.05, 0.1) is 53.0 Å². The fourth-order valence-corrected chi connectivity index (χ4v) is 10.2. The number of nitrogens with two attached hydrogens (primary N) is 1. The normalized spacial score (nSPS) is 24.6. The minimum atomic E-state index is -0.420. The minimum absolute atomic E-state index is 0.0578. The second-order valence-electron chi connectivity index (χ2n) is 13.9. The van der Waals surface area contributed by atoms with Crippen molar-refractivity contribution in [1.29, 1.82) is 5.26 Å². The average molecular weight is 666 g/mol. The molecule has 7 heterocycles. The maximum absolute atomic E-state index is 10.2. The molecule has 1 spiro atoms. The molecule has 5 aromatic heterocycles. The number of aryl methyl sites for hydroxylation is 1. The summed E-state index contributed by atoms with van der Waals surface area (Å²) >= 11 is 1.55. The van der Waals surface area contributed by atoms with Crippen molar-refractivity contribution in [2.75, 3.05) is 37.4 Å². The van der Waals surface area contributed by atoms with Gasteiger partial charge in [0.1, 0.15) is 23.5 Å². The molecule has 4 aliphatic rings. The van der Waals surface area contributed by atoms with E-state index in [2.05, 4.69) is 51.6 Å². The Kier molecular flexibility index (Phi) is 6.81. The van der Waals surface area contributed by atoms with Crippen LogP contribution in [0.15, 0.2) is 16.9 Å². The first-order valence-electron chi connectivity index (χ1n) is 17.1. The van der Waals surface area contributed by atoms with Gasteiger partial charge in [-0.05, 0) is 84.4 Å². The van der Waals surface area contributed by atoms with Crippen molar-refractivity contribution in [2.24, 2.45) is 0 Å². The van der Waals surface area contributed by atoms with Crippen molar-refractivity contribution in [3.8, 4) is 23.5 Å². The quantitative estimate of drug-likeness (QED) is 0.256. The number of hydrogen-bond acceptors (Lipinski definition) is 12. The molecule has 13 nitrogen and oxygen atoms in total. The van der Waals surface area contributed by atoms with Crippen LogP contribution in [0.5, 0.6) is 5.88 Å². The molecule has 5 aromatic rings. The maximum Gasteiger partial charge on any atom is 0.214 e. The van der Waals surface area contributed by atoms with E-state index >= 15 is 0 Å². The van der Waals surface area contributed by atoms with Crippen molar-refractivity contribution in [3.05, 3.63) is 45.3 Å². The molecule has 2 aliphatic heterocycles. The predicted octanol–water partition coefficient (Wildman–Crippen LogP) is 5.29. The number of thiophene rings is 1. The third-order valence-electron chi connectivity index (χ3n) is 11.4. The van der Waals surface area contributed by atoms with Crippen molar-refractivity contribution < 1.29 is 9.26 Å². The fraction of sp³-hybridized carbons (Fsp3) is 0.529. The van der Waals surface area contributed by atoms with Crippen molar-refractivity contribution >= 4 is 33.2 Å². The van der Waals surface area contributed by atoms with Gasteiger partial charge in [-0.25, -0.2) is 19.7 Å². The second-order valence-corrected chi connectivity index (χ2v) is 15.0. The first-order valence-corrected chi connectivity index (χ1v) is 17.9. The third-order valence-corrected chi connectivity index (χ3v) is 12.5. The Labute approximate surface area is 282 Å². The molecule has 0 radical (unpaired) electrons. The van der Waals surface area contributed by atoms with Crippen LogP contribution in [0.3, 0.4) is 0 Å². The summed E-state index contributed by atoms with van der Waals surface area (Å²) < 4.78 is 14.5. The summed E-state index contributed by atoms with van der Waals surface area (Å²) in [5.74, 6) is 2.85. The molecule has 0 unspecified atom stereocenters. The van der Waals surface area contributed by atoms with E-state index < -0.39 is 5.41 Å². The molecule has 248 valence electrons. The van der Waals surface area contributed by atoms with Gasteiger partial charge in [-0.1, -0.05) is 5.16 Å². The molecule has 1 fully saturated rings. The monoisotopic (exact) mass is 665 g/mol. The number of H-pyrrole nitrogens is 1. The van der Waals surface area contributed by atoms with E-state index in [4.69, 9.17) is 35.2 Å². The number of aromatic amines is 1. The number of anilines is 2. The number of likely N-dealkylation sites (N-methyl/N-ethyl adjacent to an activating group) is 1. The number of aromatic nitrogens is 7. The molecule has 1 saturated heterocycles. The molecule has 48 heavy (non-hydrogen) atoms. The minimum Gasteiger partial charge on any atom is -0.476 e. The first kappa shape index (κ1) is 29.6. The molecule has 4 atom stereocenters. The van der Waals surface area contributed by atoms with Gasteiger partial charge in [-0.3, -0.25) is 0 Å². The van der Waals surface area contributed by atoms with Crippen LogP contribution in [0.1, 0.15) is 97.3 Å². The Hall–Kier alpha value is -4.48. The van der Waals surface area contributed by atoms with Crippen LogP contribution < -0.4 is 15.4 Å². The molecule has 0 amide bonds. The number of likely N-dealkylation sites (tertiary alicyclic amines) is 1. The van der Waals surface area contributed by atoms with E-state index in [0.29, 0.717) is 47.2 Å². The molecule has 14 heteroatoms. The number of hydrogen-bond donors (Lipinski definition) is 2. The zero-order valence-corrected chi connectivity index (χ0v) is 28.3. The van der Waals surface area contributed by atoms with E-state index in [1.165, 1.54) is 11.3 Å². The van der Waals surface area contributed by atoms with Gasteiger partial charge in [-0.2, -0.15) is 15.5 Å². The highest BCUT2D eigenvalue weighted by atomic mass is 32.1. The van der Waals surface area contributed by atoms with Crippen LogP contribution in [-0.2, 0) is 18.3 Å². The van der Waals surface area contributed by atoms with Gasteiger partial charge in [0, 0.05) is 16.5 Å². The van der Waals surface area contributed by atoms with E-state index in [-0.39, 0.29) is 12.1 Å². The highest BCUT2D eigenvalue weighted by Crippen LogP contribution is 2.55. The second kappa shape index (κ2) is 11.0. The molecule has 2 aliphatic carbocycles. The number of rotatable bonds is 4. The average Bonchev–Trinajstić information content (AvgIpc) is 3.92. The summed E-state index contributed by atoms with van der Waals surface area (Å²) in [5.41, 5.74) is 11.1. The lowest BCUT2D eigenvalue weighted by atomic mass is 9.63. The number of nitrogen functional groups attached to an aromatic ring is 1. The van der Waals surface area contributed by atoms with Crippen LogP contribution in [0.4, 0.5) is 10.8 Å². The zero-order chi connectivity index (χ0) is 32.7. The van der Waals surface area contributed by atoms with Gasteiger partial charge in [-0.15, -0.1) is 11.3 Å². The lowest BCUT2D eigenvalue weighted by Gasteiger charge is -2.39. The molecule has 3 N–H and O–H groups in total. The Balaban J connectivity index is 1.23. The van der Waals surface area contributed by atoms with Crippen LogP contribution in [0.2, 0.25) is 0 Å². The predicted molar refractivity (Wildman–Crippen MR) is 181 cm³/mol. The molecular weight excluding hydrogens is 627 g/mol. The van der Waals surface area contributed by atoms with Crippen molar-refractivity contribution in [2.45, 2.75) is 88.8 Å². The maximum atomic E-state index is 10.2. The molecular formula is C34H39N11O2S. The first-order chi connectivity index (χ1) is 23.4. The number of nitrogens with zero attached hydrogens (tertiary/aromatic N) is 9. The Morgan fingerprint density at radius 3 is 2.83 bits per heavy atom. The highest BCUT2D eigenvalue weighted by molar-refractivity contribution is 7.16. The molecule has 0 aromatic carbocycles. The summed E-state index contributed by atoms with van der Waals surface area (Å²) in [6.45, 7) is 6.57. The van der Waals surface area contributed by atoms with Gasteiger partial charge >= 0.3 is 0 Å². The van der Waals surface area contributed by atoms with Crippen molar-refractivity contribution in [1.82, 2.24) is 40.0 Å². The van der Waals surface area contributed by atoms with Crippen LogP contribution in [0, 0.1) is 11.3 Å². The summed E-state index contributed by atoms with van der Waals surface area (Å²) in [6, 6.07) is 2.84. The SMILES string of the molecule is C[C@H]1c2cn[nH]c2OCCN1c1nc(-c2noc3c2CCC[C@@]32CCCc3sc(N)c(C#N)c32)nc2c1cnn2[C@@H](C)[C@@H]1CCCN1C. The Morgan fingerprint density at radius 1 is 1.17 bits per heavy atom. The fourth-order valence-electron chi connectivity index (χ4n) is 9.05. The summed E-state index contributed by atoms with van der Waals surface area (Å²) in [4.78, 5) is 16.4. The van der Waals surface area contributed by atoms with Crippen molar-refractivity contribution in [3.63, 3.8) is 0 Å². The van der Waals surface area contributed by atoms with Gasteiger partial charge in [0.25, 0.3) is 0 Å². The zero-order valence-electron chi connectivity index (χ0n) is 27.5. The molecule has 0 bridgehead atoms.